The van der Waals surface area contributed by atoms with Crippen molar-refractivity contribution in [1.82, 2.24) is 0 Å². The van der Waals surface area contributed by atoms with Crippen molar-refractivity contribution in [2.75, 3.05) is 9.74 Å². The van der Waals surface area contributed by atoms with Crippen molar-refractivity contribution in [3.63, 3.8) is 0 Å². The zero-order chi connectivity index (χ0) is 13.7. The van der Waals surface area contributed by atoms with E-state index in [9.17, 15) is 4.79 Å². The van der Waals surface area contributed by atoms with Crippen LogP contribution in [0.1, 0.15) is 22.8 Å². The van der Waals surface area contributed by atoms with E-state index < -0.39 is 0 Å². The molecule has 98 valence electrons. The summed E-state index contributed by atoms with van der Waals surface area (Å²) in [5.41, 5.74) is 2.35. The Morgan fingerprint density at radius 3 is 2.42 bits per heavy atom. The first-order valence-electron chi connectivity index (χ1n) is 6.23. The predicted octanol–water partition coefficient (Wildman–Crippen LogP) is 4.15. The normalized spacial score (nSPS) is 11.9. The van der Waals surface area contributed by atoms with Gasteiger partial charge in [0.1, 0.15) is 0 Å². The number of carbonyl (C=O) groups is 1. The zero-order valence-electron chi connectivity index (χ0n) is 10.8. The molecular formula is C16H16INO. The first-order chi connectivity index (χ1) is 9.22. The number of ketones is 1. The van der Waals surface area contributed by atoms with Gasteiger partial charge in [0.25, 0.3) is 0 Å². The van der Waals surface area contributed by atoms with E-state index in [-0.39, 0.29) is 5.78 Å². The minimum Gasteiger partial charge on any atom is -0.381 e. The van der Waals surface area contributed by atoms with Crippen molar-refractivity contribution >= 4 is 34.1 Å². The second kappa shape index (κ2) is 6.70. The molecule has 1 N–H and O–H groups in total. The average molecular weight is 365 g/mol. The van der Waals surface area contributed by atoms with Crippen LogP contribution in [0.4, 0.5) is 5.69 Å². The highest BCUT2D eigenvalue weighted by Gasteiger charge is 2.13. The molecule has 2 nitrogen and oxygen atoms in total. The summed E-state index contributed by atoms with van der Waals surface area (Å²) in [6, 6.07) is 17.4. The van der Waals surface area contributed by atoms with Gasteiger partial charge in [-0.25, -0.2) is 0 Å². The van der Waals surface area contributed by atoms with Gasteiger partial charge in [-0.2, -0.15) is 0 Å². The Morgan fingerprint density at radius 2 is 1.74 bits per heavy atom. The van der Waals surface area contributed by atoms with Crippen molar-refractivity contribution in [2.45, 2.75) is 13.0 Å². The lowest BCUT2D eigenvalue weighted by Gasteiger charge is -2.15. The standard InChI is InChI=1S/C16H16INO/c1-12(11-17)18-15-10-6-5-9-14(15)16(19)13-7-3-2-4-8-13/h2-10,12,18H,11H2,1H3. The molecule has 0 radical (unpaired) electrons. The lowest BCUT2D eigenvalue weighted by Crippen LogP contribution is -2.18. The number of alkyl halides is 1. The van der Waals surface area contributed by atoms with Gasteiger partial charge in [-0.1, -0.05) is 65.1 Å². The third-order valence-corrected chi connectivity index (χ3v) is 4.16. The molecule has 0 aliphatic carbocycles. The lowest BCUT2D eigenvalue weighted by atomic mass is 10.0. The van der Waals surface area contributed by atoms with Crippen molar-refractivity contribution in [2.24, 2.45) is 0 Å². The Hall–Kier alpha value is -1.36. The highest BCUT2D eigenvalue weighted by molar-refractivity contribution is 14.1. The number of halogens is 1. The maximum atomic E-state index is 12.5. The quantitative estimate of drug-likeness (QED) is 0.490. The van der Waals surface area contributed by atoms with Crippen LogP contribution in [0.3, 0.4) is 0 Å². The molecule has 0 spiro atoms. The fourth-order valence-electron chi connectivity index (χ4n) is 1.86. The van der Waals surface area contributed by atoms with Crippen molar-refractivity contribution in [1.29, 1.82) is 0 Å². The molecule has 2 aromatic carbocycles. The fourth-order valence-corrected chi connectivity index (χ4v) is 2.08. The predicted molar refractivity (Wildman–Crippen MR) is 88.3 cm³/mol. The summed E-state index contributed by atoms with van der Waals surface area (Å²) in [4.78, 5) is 12.5. The molecule has 1 atom stereocenters. The first-order valence-corrected chi connectivity index (χ1v) is 7.76. The SMILES string of the molecule is CC(CI)Nc1ccccc1C(=O)c1ccccc1. The Morgan fingerprint density at radius 1 is 1.11 bits per heavy atom. The molecule has 0 aliphatic rings. The summed E-state index contributed by atoms with van der Waals surface area (Å²) in [6.07, 6.45) is 0. The second-order valence-corrected chi connectivity index (χ2v) is 5.32. The molecule has 0 fully saturated rings. The molecule has 2 rings (SSSR count). The first kappa shape index (κ1) is 14.1. The van der Waals surface area contributed by atoms with Gasteiger partial charge in [-0.05, 0) is 19.1 Å². The molecular weight excluding hydrogens is 349 g/mol. The van der Waals surface area contributed by atoms with E-state index in [4.69, 9.17) is 0 Å². The van der Waals surface area contributed by atoms with Gasteiger partial charge in [0.15, 0.2) is 5.78 Å². The Labute approximate surface area is 127 Å². The van der Waals surface area contributed by atoms with Gasteiger partial charge >= 0.3 is 0 Å². The van der Waals surface area contributed by atoms with Gasteiger partial charge in [-0.15, -0.1) is 0 Å². The summed E-state index contributed by atoms with van der Waals surface area (Å²) in [5.74, 6) is 0.0596. The van der Waals surface area contributed by atoms with Gasteiger partial charge < -0.3 is 5.32 Å². The number of hydrogen-bond acceptors (Lipinski definition) is 2. The van der Waals surface area contributed by atoms with Gasteiger partial charge in [0.05, 0.1) is 0 Å². The van der Waals surface area contributed by atoms with Crippen molar-refractivity contribution < 1.29 is 4.79 Å². The Balaban J connectivity index is 2.32. The Kier molecular flexibility index (Phi) is 4.96. The molecule has 1 unspecified atom stereocenters. The van der Waals surface area contributed by atoms with Crippen molar-refractivity contribution in [3.05, 3.63) is 65.7 Å². The molecule has 0 saturated carbocycles. The summed E-state index contributed by atoms with van der Waals surface area (Å²) >= 11 is 2.33. The van der Waals surface area contributed by atoms with Crippen LogP contribution in [0.15, 0.2) is 54.6 Å². The number of carbonyl (C=O) groups excluding carboxylic acids is 1. The number of para-hydroxylation sites is 1. The number of hydrogen-bond donors (Lipinski definition) is 1. The topological polar surface area (TPSA) is 29.1 Å². The van der Waals surface area contributed by atoms with E-state index in [0.29, 0.717) is 6.04 Å². The van der Waals surface area contributed by atoms with Crippen LogP contribution in [-0.2, 0) is 0 Å². The van der Waals surface area contributed by atoms with Crippen LogP contribution in [0.25, 0.3) is 0 Å². The summed E-state index contributed by atoms with van der Waals surface area (Å²) < 4.78 is 0.992. The van der Waals surface area contributed by atoms with Crippen LogP contribution in [0.2, 0.25) is 0 Å². The molecule has 2 aromatic rings. The van der Waals surface area contributed by atoms with E-state index in [1.165, 1.54) is 0 Å². The minimum absolute atomic E-state index is 0.0596. The van der Waals surface area contributed by atoms with E-state index in [1.54, 1.807) is 0 Å². The third kappa shape index (κ3) is 3.56. The third-order valence-electron chi connectivity index (χ3n) is 2.84. The highest BCUT2D eigenvalue weighted by Crippen LogP contribution is 2.20. The highest BCUT2D eigenvalue weighted by atomic mass is 127. The molecule has 0 bridgehead atoms. The average Bonchev–Trinajstić information content (AvgIpc) is 2.48. The van der Waals surface area contributed by atoms with Crippen LogP contribution >= 0.6 is 22.6 Å². The van der Waals surface area contributed by atoms with E-state index in [2.05, 4.69) is 34.8 Å². The summed E-state index contributed by atoms with van der Waals surface area (Å²) in [7, 11) is 0. The maximum absolute atomic E-state index is 12.5. The van der Waals surface area contributed by atoms with Gasteiger partial charge in [0.2, 0.25) is 0 Å². The molecule has 19 heavy (non-hydrogen) atoms. The maximum Gasteiger partial charge on any atom is 0.195 e. The number of nitrogens with one attached hydrogen (secondary N) is 1. The van der Waals surface area contributed by atoms with Crippen LogP contribution in [-0.4, -0.2) is 16.3 Å². The van der Waals surface area contributed by atoms with Crippen LogP contribution in [0, 0.1) is 0 Å². The number of rotatable bonds is 5. The Bertz CT molecular complexity index is 554. The van der Waals surface area contributed by atoms with E-state index in [0.717, 1.165) is 21.2 Å². The summed E-state index contributed by atoms with van der Waals surface area (Å²) in [5, 5.41) is 3.38. The van der Waals surface area contributed by atoms with Crippen LogP contribution in [0.5, 0.6) is 0 Å². The van der Waals surface area contributed by atoms with Crippen LogP contribution < -0.4 is 5.32 Å². The summed E-state index contributed by atoms with van der Waals surface area (Å²) in [6.45, 7) is 2.11. The molecule has 0 aliphatic heterocycles. The smallest absolute Gasteiger partial charge is 0.195 e. The zero-order valence-corrected chi connectivity index (χ0v) is 12.9. The fraction of sp³-hybridized carbons (Fsp3) is 0.188. The molecule has 0 heterocycles. The largest absolute Gasteiger partial charge is 0.381 e. The second-order valence-electron chi connectivity index (χ2n) is 4.44. The van der Waals surface area contributed by atoms with E-state index in [1.807, 2.05) is 54.6 Å². The lowest BCUT2D eigenvalue weighted by molar-refractivity contribution is 0.103. The molecule has 0 saturated heterocycles. The van der Waals surface area contributed by atoms with Crippen molar-refractivity contribution in [3.8, 4) is 0 Å². The van der Waals surface area contributed by atoms with Gasteiger partial charge in [-0.3, -0.25) is 4.79 Å². The molecule has 0 aromatic heterocycles. The monoisotopic (exact) mass is 365 g/mol. The minimum atomic E-state index is 0.0596. The number of anilines is 1. The molecule has 0 amide bonds. The molecule has 3 heteroatoms. The van der Waals surface area contributed by atoms with Gasteiger partial charge in [0, 0.05) is 27.3 Å². The van der Waals surface area contributed by atoms with E-state index >= 15 is 0 Å². The number of benzene rings is 2.